The fourth-order valence-corrected chi connectivity index (χ4v) is 9.59. The van der Waals surface area contributed by atoms with Crippen molar-refractivity contribution in [1.29, 1.82) is 0 Å². The fraction of sp³-hybridized carbons (Fsp3) is 0.0755. The Kier molecular flexibility index (Phi) is 8.19. The number of rotatable bonds is 4. The minimum Gasteiger partial charge on any atom is -0.497 e. The number of benzene rings is 7. The number of fused-ring (bicyclic) bond motifs is 16. The first-order valence-electron chi connectivity index (χ1n) is 19.9. The summed E-state index contributed by atoms with van der Waals surface area (Å²) < 4.78 is 11.2. The van der Waals surface area contributed by atoms with E-state index in [1.54, 1.807) is 0 Å². The molecule has 7 heteroatoms. The average molecular weight is 864 g/mol. The summed E-state index contributed by atoms with van der Waals surface area (Å²) in [4.78, 5) is 14.9. The van der Waals surface area contributed by atoms with Crippen molar-refractivity contribution in [3.05, 3.63) is 174 Å². The van der Waals surface area contributed by atoms with Crippen molar-refractivity contribution in [2.45, 2.75) is 27.7 Å². The first kappa shape index (κ1) is 36.2. The van der Waals surface area contributed by atoms with Crippen LogP contribution in [0.5, 0.6) is 11.5 Å². The molecule has 0 radical (unpaired) electrons. The van der Waals surface area contributed by atoms with E-state index in [0.717, 1.165) is 76.7 Å². The summed E-state index contributed by atoms with van der Waals surface area (Å²) in [6.45, 7) is 8.87. The molecule has 5 heterocycles. The molecule has 5 aromatic heterocycles. The summed E-state index contributed by atoms with van der Waals surface area (Å²) in [5.74, 6) is 1.15. The van der Waals surface area contributed by atoms with Crippen LogP contribution in [-0.4, -0.2) is 23.8 Å². The van der Waals surface area contributed by atoms with E-state index in [0.29, 0.717) is 11.5 Å². The SMILES string of the molecule is Cc1cccc(C)c1-c1ccc2c3ccc(Oc4[c-]c5c(cc4)c4cnccc4n4c6ccccc6nc54)[c-]c3c3nc4ccccc4n3c2c1-c1c(C)cccc1C.[Pd+2]. The molecule has 0 spiro atoms. The van der Waals surface area contributed by atoms with Crippen LogP contribution in [0.1, 0.15) is 22.3 Å². The third-order valence-corrected chi connectivity index (χ3v) is 12.1. The normalized spacial score (nSPS) is 11.9. The Morgan fingerprint density at radius 3 is 1.63 bits per heavy atom. The quantitative estimate of drug-likeness (QED) is 0.100. The van der Waals surface area contributed by atoms with Crippen LogP contribution < -0.4 is 4.74 Å². The zero-order chi connectivity index (χ0) is 39.5. The van der Waals surface area contributed by atoms with Crippen LogP contribution in [0.2, 0.25) is 0 Å². The second-order valence-electron chi connectivity index (χ2n) is 15.7. The molecular formula is C53H35N5OPd. The Morgan fingerprint density at radius 1 is 0.467 bits per heavy atom. The third kappa shape index (κ3) is 5.20. The monoisotopic (exact) mass is 863 g/mol. The molecule has 0 unspecified atom stereocenters. The molecule has 12 rings (SSSR count). The van der Waals surface area contributed by atoms with Gasteiger partial charge in [-0.25, -0.2) is 0 Å². The Bertz CT molecular complexity index is 3730. The molecule has 0 atom stereocenters. The van der Waals surface area contributed by atoms with Crippen LogP contribution in [0, 0.1) is 39.8 Å². The van der Waals surface area contributed by atoms with Crippen LogP contribution in [0.3, 0.4) is 0 Å². The Labute approximate surface area is 359 Å². The number of aromatic nitrogens is 5. The molecule has 60 heavy (non-hydrogen) atoms. The van der Waals surface area contributed by atoms with Gasteiger partial charge in [-0.2, -0.15) is 0 Å². The van der Waals surface area contributed by atoms with E-state index in [9.17, 15) is 0 Å². The average Bonchev–Trinajstić information content (AvgIpc) is 3.84. The molecule has 0 aliphatic rings. The van der Waals surface area contributed by atoms with Crippen molar-refractivity contribution in [3.8, 4) is 33.8 Å². The standard InChI is InChI=1S/C53H35N5O.Pd/c1-30-11-9-12-31(2)48(30)39-24-23-38-36-21-19-34(27-40(36)53-56-44-16-6-8-18-47(44)58(53)51(38)50(39)49-32(3)13-10-14-33(49)4)59-35-20-22-37-41(28-35)52-55-43-15-5-7-17-46(43)57(52)45-25-26-54-29-42(37)45;/h5-26,29H,1-4H3;/q-2;+2. The zero-order valence-corrected chi connectivity index (χ0v) is 34.8. The zero-order valence-electron chi connectivity index (χ0n) is 33.2. The van der Waals surface area contributed by atoms with Gasteiger partial charge in [-0.15, -0.1) is 12.1 Å². The molecular weight excluding hydrogens is 829 g/mol. The Morgan fingerprint density at radius 2 is 1.00 bits per heavy atom. The van der Waals surface area contributed by atoms with E-state index in [2.05, 4.69) is 145 Å². The molecule has 0 saturated heterocycles. The van der Waals surface area contributed by atoms with E-state index >= 15 is 0 Å². The molecule has 0 aliphatic carbocycles. The van der Waals surface area contributed by atoms with Crippen molar-refractivity contribution in [3.63, 3.8) is 0 Å². The first-order chi connectivity index (χ1) is 28.9. The summed E-state index contributed by atoms with van der Waals surface area (Å²) in [5.41, 5.74) is 17.6. The largest absolute Gasteiger partial charge is 2.00 e. The van der Waals surface area contributed by atoms with Crippen LogP contribution in [0.25, 0.3) is 99.0 Å². The number of hydrogen-bond acceptors (Lipinski definition) is 4. The van der Waals surface area contributed by atoms with E-state index in [-0.39, 0.29) is 20.4 Å². The molecule has 6 nitrogen and oxygen atoms in total. The molecule has 0 bridgehead atoms. The van der Waals surface area contributed by atoms with Gasteiger partial charge in [0, 0.05) is 40.5 Å². The minimum absolute atomic E-state index is 0. The molecule has 0 amide bonds. The number of hydrogen-bond donors (Lipinski definition) is 0. The Balaban J connectivity index is 0.00000408. The molecule has 0 fully saturated rings. The molecule has 0 saturated carbocycles. The maximum atomic E-state index is 6.69. The van der Waals surface area contributed by atoms with Gasteiger partial charge >= 0.3 is 20.4 Å². The molecule has 0 aliphatic heterocycles. The van der Waals surface area contributed by atoms with Crippen LogP contribution >= 0.6 is 0 Å². The summed E-state index contributed by atoms with van der Waals surface area (Å²) >= 11 is 0. The van der Waals surface area contributed by atoms with Gasteiger partial charge in [0.1, 0.15) is 0 Å². The van der Waals surface area contributed by atoms with Gasteiger partial charge < -0.3 is 13.5 Å². The fourth-order valence-electron chi connectivity index (χ4n) is 9.59. The van der Waals surface area contributed by atoms with Crippen molar-refractivity contribution in [2.24, 2.45) is 0 Å². The first-order valence-corrected chi connectivity index (χ1v) is 19.9. The second kappa shape index (κ2) is 13.6. The van der Waals surface area contributed by atoms with Crippen molar-refractivity contribution < 1.29 is 25.2 Å². The predicted octanol–water partition coefficient (Wildman–Crippen LogP) is 13.3. The van der Waals surface area contributed by atoms with E-state index in [4.69, 9.17) is 14.7 Å². The van der Waals surface area contributed by atoms with Gasteiger partial charge in [0.15, 0.2) is 0 Å². The van der Waals surface area contributed by atoms with E-state index in [1.807, 2.05) is 48.8 Å². The van der Waals surface area contributed by atoms with Gasteiger partial charge in [-0.05, 0) is 108 Å². The van der Waals surface area contributed by atoms with Crippen molar-refractivity contribution in [1.82, 2.24) is 23.8 Å². The maximum absolute atomic E-state index is 6.69. The summed E-state index contributed by atoms with van der Waals surface area (Å²) in [6, 6.07) is 52.0. The van der Waals surface area contributed by atoms with Gasteiger partial charge in [-0.1, -0.05) is 119 Å². The number of ether oxygens (including phenoxy) is 1. The number of imidazole rings is 2. The number of pyridine rings is 3. The number of nitrogens with zero attached hydrogens (tertiary/aromatic N) is 5. The van der Waals surface area contributed by atoms with E-state index < -0.39 is 0 Å². The van der Waals surface area contributed by atoms with Crippen molar-refractivity contribution >= 4 is 76.7 Å². The second-order valence-corrected chi connectivity index (χ2v) is 15.7. The molecule has 0 N–H and O–H groups in total. The van der Waals surface area contributed by atoms with Crippen molar-refractivity contribution in [2.75, 3.05) is 0 Å². The number of aryl methyl sites for hydroxylation is 4. The van der Waals surface area contributed by atoms with Gasteiger partial charge in [-0.3, -0.25) is 15.0 Å². The summed E-state index contributed by atoms with van der Waals surface area (Å²) in [6.07, 6.45) is 3.75. The Hall–Kier alpha value is -6.91. The van der Waals surface area contributed by atoms with Crippen LogP contribution in [-0.2, 0) is 20.4 Å². The predicted molar refractivity (Wildman–Crippen MR) is 241 cm³/mol. The third-order valence-electron chi connectivity index (χ3n) is 12.1. The smallest absolute Gasteiger partial charge is 0.497 e. The molecule has 7 aromatic carbocycles. The van der Waals surface area contributed by atoms with Gasteiger partial charge in [0.25, 0.3) is 0 Å². The maximum Gasteiger partial charge on any atom is 2.00 e. The molecule has 288 valence electrons. The topological polar surface area (TPSA) is 56.7 Å². The van der Waals surface area contributed by atoms with Gasteiger partial charge in [0.2, 0.25) is 0 Å². The molecule has 12 aromatic rings. The van der Waals surface area contributed by atoms with Crippen LogP contribution in [0.4, 0.5) is 0 Å². The summed E-state index contributed by atoms with van der Waals surface area (Å²) in [5, 5.41) is 5.98. The van der Waals surface area contributed by atoms with Gasteiger partial charge in [0.05, 0.1) is 33.4 Å². The summed E-state index contributed by atoms with van der Waals surface area (Å²) in [7, 11) is 0. The minimum atomic E-state index is 0. The van der Waals surface area contributed by atoms with E-state index in [1.165, 1.54) is 44.5 Å². The van der Waals surface area contributed by atoms with Crippen LogP contribution in [0.15, 0.2) is 140 Å². The number of para-hydroxylation sites is 4.